The van der Waals surface area contributed by atoms with Crippen LogP contribution >= 0.6 is 27.7 Å². The first kappa shape index (κ1) is 14.4. The van der Waals surface area contributed by atoms with Gasteiger partial charge in [-0.2, -0.15) is 0 Å². The molecule has 1 fully saturated rings. The highest BCUT2D eigenvalue weighted by atomic mass is 79.9. The van der Waals surface area contributed by atoms with E-state index in [0.717, 1.165) is 18.5 Å². The van der Waals surface area contributed by atoms with Crippen molar-refractivity contribution < 1.29 is 4.74 Å². The molecule has 0 atom stereocenters. The van der Waals surface area contributed by atoms with Crippen molar-refractivity contribution in [2.75, 3.05) is 24.3 Å². The van der Waals surface area contributed by atoms with Crippen LogP contribution in [-0.2, 0) is 4.74 Å². The molecule has 0 bridgehead atoms. The molecule has 1 saturated heterocycles. The molecule has 1 aromatic carbocycles. The van der Waals surface area contributed by atoms with Gasteiger partial charge in [-0.3, -0.25) is 0 Å². The zero-order valence-corrected chi connectivity index (χ0v) is 13.6. The first-order valence-electron chi connectivity index (χ1n) is 6.49. The van der Waals surface area contributed by atoms with Gasteiger partial charge in [0.25, 0.3) is 0 Å². The Morgan fingerprint density at radius 2 is 2.00 bits per heavy atom. The number of benzene rings is 1. The molecule has 18 heavy (non-hydrogen) atoms. The lowest BCUT2D eigenvalue weighted by Crippen LogP contribution is -2.33. The molecule has 1 aliphatic rings. The Balaban J connectivity index is 2.03. The van der Waals surface area contributed by atoms with Crippen LogP contribution < -0.4 is 0 Å². The van der Waals surface area contributed by atoms with Crippen LogP contribution in [0.5, 0.6) is 0 Å². The molecule has 3 heteroatoms. The van der Waals surface area contributed by atoms with Gasteiger partial charge in [-0.25, -0.2) is 0 Å². The van der Waals surface area contributed by atoms with Crippen molar-refractivity contribution in [3.63, 3.8) is 0 Å². The second-order valence-corrected chi connectivity index (χ2v) is 6.88. The molecule has 100 valence electrons. The first-order chi connectivity index (χ1) is 8.65. The van der Waals surface area contributed by atoms with Crippen LogP contribution in [0.1, 0.15) is 24.0 Å². The van der Waals surface area contributed by atoms with Gasteiger partial charge in [0.15, 0.2) is 0 Å². The van der Waals surface area contributed by atoms with E-state index in [1.807, 2.05) is 11.8 Å². The molecular weight excluding hydrogens is 308 g/mol. The smallest absolute Gasteiger partial charge is 0.0471 e. The van der Waals surface area contributed by atoms with Gasteiger partial charge in [0, 0.05) is 29.2 Å². The largest absolute Gasteiger partial charge is 0.381 e. The van der Waals surface area contributed by atoms with Crippen LogP contribution in [0.15, 0.2) is 23.1 Å². The number of rotatable bonds is 4. The lowest BCUT2D eigenvalue weighted by Gasteiger charge is -2.35. The Hall–Kier alpha value is 0.01000. The van der Waals surface area contributed by atoms with Gasteiger partial charge in [-0.1, -0.05) is 33.6 Å². The Morgan fingerprint density at radius 1 is 1.28 bits per heavy atom. The topological polar surface area (TPSA) is 9.23 Å². The molecular formula is C15H21BrOS. The number of aryl methyl sites for hydroxylation is 2. The minimum atomic E-state index is 0.416. The van der Waals surface area contributed by atoms with E-state index in [2.05, 4.69) is 48.0 Å². The summed E-state index contributed by atoms with van der Waals surface area (Å²) in [6.07, 6.45) is 2.35. The van der Waals surface area contributed by atoms with E-state index in [1.54, 1.807) is 0 Å². The SMILES string of the molecule is Cc1ccc(C)c(SCC2(CBr)CCOCC2)c1. The lowest BCUT2D eigenvalue weighted by molar-refractivity contribution is 0.0374. The number of halogens is 1. The Labute approximate surface area is 123 Å². The van der Waals surface area contributed by atoms with Crippen LogP contribution in [0.3, 0.4) is 0 Å². The maximum Gasteiger partial charge on any atom is 0.0471 e. The predicted molar refractivity (Wildman–Crippen MR) is 82.9 cm³/mol. The zero-order chi connectivity index (χ0) is 13.0. The third-order valence-corrected chi connectivity index (χ3v) is 6.41. The fourth-order valence-corrected chi connectivity index (χ4v) is 4.65. The molecule has 0 N–H and O–H groups in total. The van der Waals surface area contributed by atoms with Gasteiger partial charge in [0.05, 0.1) is 0 Å². The molecule has 0 amide bonds. The summed E-state index contributed by atoms with van der Waals surface area (Å²) in [6.45, 7) is 6.20. The fraction of sp³-hybridized carbons (Fsp3) is 0.600. The second-order valence-electron chi connectivity index (χ2n) is 5.30. The van der Waals surface area contributed by atoms with E-state index in [-0.39, 0.29) is 0 Å². The van der Waals surface area contributed by atoms with E-state index in [0.29, 0.717) is 5.41 Å². The Morgan fingerprint density at radius 3 is 2.67 bits per heavy atom. The third-order valence-electron chi connectivity index (χ3n) is 3.71. The normalized spacial score (nSPS) is 18.8. The quantitative estimate of drug-likeness (QED) is 0.590. The number of hydrogen-bond donors (Lipinski definition) is 0. The monoisotopic (exact) mass is 328 g/mol. The van der Waals surface area contributed by atoms with Crippen molar-refractivity contribution in [3.8, 4) is 0 Å². The molecule has 1 aliphatic heterocycles. The predicted octanol–water partition coefficient (Wildman–Crippen LogP) is 4.59. The highest BCUT2D eigenvalue weighted by Gasteiger charge is 2.31. The van der Waals surface area contributed by atoms with Crippen molar-refractivity contribution >= 4 is 27.7 Å². The van der Waals surface area contributed by atoms with Gasteiger partial charge in [-0.05, 0) is 43.7 Å². The maximum absolute atomic E-state index is 5.49. The van der Waals surface area contributed by atoms with Crippen LogP contribution in [0.25, 0.3) is 0 Å². The van der Waals surface area contributed by atoms with Gasteiger partial charge in [-0.15, -0.1) is 11.8 Å². The molecule has 1 nitrogen and oxygen atoms in total. The van der Waals surface area contributed by atoms with E-state index in [4.69, 9.17) is 4.74 Å². The van der Waals surface area contributed by atoms with Crippen LogP contribution in [-0.4, -0.2) is 24.3 Å². The highest BCUT2D eigenvalue weighted by Crippen LogP contribution is 2.38. The standard InChI is InChI=1S/C15H21BrOS/c1-12-3-4-13(2)14(9-12)18-11-15(10-16)5-7-17-8-6-15/h3-4,9H,5-8,10-11H2,1-2H3. The summed E-state index contributed by atoms with van der Waals surface area (Å²) in [5.41, 5.74) is 3.16. The lowest BCUT2D eigenvalue weighted by atomic mass is 9.85. The van der Waals surface area contributed by atoms with E-state index < -0.39 is 0 Å². The molecule has 0 aromatic heterocycles. The minimum Gasteiger partial charge on any atom is -0.381 e. The van der Waals surface area contributed by atoms with Crippen molar-refractivity contribution in [2.45, 2.75) is 31.6 Å². The molecule has 0 spiro atoms. The third kappa shape index (κ3) is 3.52. The van der Waals surface area contributed by atoms with Crippen molar-refractivity contribution in [3.05, 3.63) is 29.3 Å². The summed E-state index contributed by atoms with van der Waals surface area (Å²) in [4.78, 5) is 1.43. The van der Waals surface area contributed by atoms with Crippen LogP contribution in [0.2, 0.25) is 0 Å². The fourth-order valence-electron chi connectivity index (χ4n) is 2.21. The number of alkyl halides is 1. The summed E-state index contributed by atoms with van der Waals surface area (Å²) < 4.78 is 5.49. The zero-order valence-electron chi connectivity index (χ0n) is 11.2. The summed E-state index contributed by atoms with van der Waals surface area (Å²) >= 11 is 5.71. The second kappa shape index (κ2) is 6.44. The minimum absolute atomic E-state index is 0.416. The molecule has 2 rings (SSSR count). The summed E-state index contributed by atoms with van der Waals surface area (Å²) in [5, 5.41) is 1.08. The molecule has 0 saturated carbocycles. The van der Waals surface area contributed by atoms with Gasteiger partial charge < -0.3 is 4.74 Å². The Bertz CT molecular complexity index is 399. The van der Waals surface area contributed by atoms with Gasteiger partial charge >= 0.3 is 0 Å². The van der Waals surface area contributed by atoms with Gasteiger partial charge in [0.1, 0.15) is 0 Å². The molecule has 0 radical (unpaired) electrons. The van der Waals surface area contributed by atoms with E-state index in [9.17, 15) is 0 Å². The summed E-state index contributed by atoms with van der Waals surface area (Å²) in [7, 11) is 0. The Kier molecular flexibility index (Phi) is 5.16. The number of thioether (sulfide) groups is 1. The molecule has 0 aliphatic carbocycles. The molecule has 1 aromatic rings. The first-order valence-corrected chi connectivity index (χ1v) is 8.60. The summed E-state index contributed by atoms with van der Waals surface area (Å²) in [5.74, 6) is 1.19. The van der Waals surface area contributed by atoms with E-state index >= 15 is 0 Å². The molecule has 0 unspecified atom stereocenters. The van der Waals surface area contributed by atoms with Gasteiger partial charge in [0.2, 0.25) is 0 Å². The van der Waals surface area contributed by atoms with Crippen molar-refractivity contribution in [1.29, 1.82) is 0 Å². The average Bonchev–Trinajstić information content (AvgIpc) is 2.41. The number of hydrogen-bond acceptors (Lipinski definition) is 2. The van der Waals surface area contributed by atoms with Crippen molar-refractivity contribution in [1.82, 2.24) is 0 Å². The number of ether oxygens (including phenoxy) is 1. The van der Waals surface area contributed by atoms with Crippen molar-refractivity contribution in [2.24, 2.45) is 5.41 Å². The summed E-state index contributed by atoms with van der Waals surface area (Å²) in [6, 6.07) is 6.72. The van der Waals surface area contributed by atoms with Crippen LogP contribution in [0.4, 0.5) is 0 Å². The molecule has 1 heterocycles. The van der Waals surface area contributed by atoms with E-state index in [1.165, 1.54) is 34.6 Å². The average molecular weight is 329 g/mol. The highest BCUT2D eigenvalue weighted by molar-refractivity contribution is 9.09. The maximum atomic E-state index is 5.49. The van der Waals surface area contributed by atoms with Crippen LogP contribution in [0, 0.1) is 19.3 Å².